The molecule has 2 rings (SSSR count). The third-order valence-corrected chi connectivity index (χ3v) is 4.28. The number of hydrogen-bond acceptors (Lipinski definition) is 5. The van der Waals surface area contributed by atoms with E-state index in [2.05, 4.69) is 22.3 Å². The van der Waals surface area contributed by atoms with Crippen LogP contribution in [0.15, 0.2) is 10.6 Å². The molecule has 2 heterocycles. The predicted molar refractivity (Wildman–Crippen MR) is 88.5 cm³/mol. The molecule has 1 aliphatic heterocycles. The number of aliphatic hydroxyl groups is 1. The zero-order valence-corrected chi connectivity index (χ0v) is 14.5. The van der Waals surface area contributed by atoms with Gasteiger partial charge in [-0.2, -0.15) is 0 Å². The highest BCUT2D eigenvalue weighted by molar-refractivity contribution is 5.88. The Balaban J connectivity index is 1.87. The van der Waals surface area contributed by atoms with Crippen LogP contribution in [0.25, 0.3) is 0 Å². The summed E-state index contributed by atoms with van der Waals surface area (Å²) in [6.45, 7) is 11.2. The Hall–Kier alpha value is -1.60. The molecular weight excluding hydrogens is 296 g/mol. The summed E-state index contributed by atoms with van der Waals surface area (Å²) in [4.78, 5) is 16.3. The fraction of sp³-hybridized carbons (Fsp3) is 0.750. The molecule has 2 N–H and O–H groups in total. The van der Waals surface area contributed by atoms with E-state index in [9.17, 15) is 9.90 Å². The van der Waals surface area contributed by atoms with E-state index in [1.807, 2.05) is 20.8 Å². The monoisotopic (exact) mass is 324 g/mol. The van der Waals surface area contributed by atoms with Gasteiger partial charge in [0, 0.05) is 43.7 Å². The van der Waals surface area contributed by atoms with Gasteiger partial charge in [-0.3, -0.25) is 10.2 Å². The van der Waals surface area contributed by atoms with E-state index in [0.717, 1.165) is 25.3 Å². The molecule has 1 aliphatic rings. The Labute approximate surface area is 137 Å². The number of anilines is 1. The SMILES string of the molecule is CCC(CO)N1CCN(C(=O)Nc2cc(C(C)(C)C)on2)CC1. The molecule has 1 saturated heterocycles. The largest absolute Gasteiger partial charge is 0.395 e. The van der Waals surface area contributed by atoms with Gasteiger partial charge in [0.25, 0.3) is 0 Å². The van der Waals surface area contributed by atoms with Crippen LogP contribution in [0.4, 0.5) is 10.6 Å². The van der Waals surface area contributed by atoms with Gasteiger partial charge < -0.3 is 14.5 Å². The van der Waals surface area contributed by atoms with Crippen molar-refractivity contribution < 1.29 is 14.4 Å². The second-order valence-corrected chi connectivity index (χ2v) is 7.02. The first-order valence-corrected chi connectivity index (χ1v) is 8.23. The summed E-state index contributed by atoms with van der Waals surface area (Å²) >= 11 is 0. The summed E-state index contributed by atoms with van der Waals surface area (Å²) in [5.41, 5.74) is -0.138. The van der Waals surface area contributed by atoms with Gasteiger partial charge >= 0.3 is 6.03 Å². The van der Waals surface area contributed by atoms with Crippen molar-refractivity contribution >= 4 is 11.8 Å². The van der Waals surface area contributed by atoms with E-state index in [1.54, 1.807) is 11.0 Å². The summed E-state index contributed by atoms with van der Waals surface area (Å²) in [5, 5.41) is 16.1. The van der Waals surface area contributed by atoms with E-state index in [1.165, 1.54) is 0 Å². The number of aromatic nitrogens is 1. The molecule has 0 radical (unpaired) electrons. The lowest BCUT2D eigenvalue weighted by atomic mass is 9.93. The Kier molecular flexibility index (Phi) is 5.64. The molecule has 0 aliphatic carbocycles. The van der Waals surface area contributed by atoms with Crippen LogP contribution in [0, 0.1) is 0 Å². The number of hydrogen-bond donors (Lipinski definition) is 2. The fourth-order valence-corrected chi connectivity index (χ4v) is 2.67. The standard InChI is InChI=1S/C16H28N4O3/c1-5-12(11-21)19-6-8-20(9-7-19)15(22)17-14-10-13(23-18-14)16(2,3)4/h10,12,21H,5-9,11H2,1-4H3,(H,17,18,22). The Morgan fingerprint density at radius 3 is 2.52 bits per heavy atom. The summed E-state index contributed by atoms with van der Waals surface area (Å²) in [6.07, 6.45) is 0.914. The molecule has 1 unspecified atom stereocenters. The Morgan fingerprint density at radius 1 is 1.39 bits per heavy atom. The fourth-order valence-electron chi connectivity index (χ4n) is 2.67. The minimum Gasteiger partial charge on any atom is -0.395 e. The quantitative estimate of drug-likeness (QED) is 0.884. The molecule has 23 heavy (non-hydrogen) atoms. The maximum Gasteiger partial charge on any atom is 0.323 e. The van der Waals surface area contributed by atoms with E-state index >= 15 is 0 Å². The third-order valence-electron chi connectivity index (χ3n) is 4.28. The average Bonchev–Trinajstić information content (AvgIpc) is 2.98. The second kappa shape index (κ2) is 7.31. The molecule has 0 spiro atoms. The molecule has 7 heteroatoms. The van der Waals surface area contributed by atoms with Gasteiger partial charge in [0.05, 0.1) is 6.61 Å². The zero-order valence-electron chi connectivity index (χ0n) is 14.5. The van der Waals surface area contributed by atoms with Crippen LogP contribution in [0.1, 0.15) is 39.9 Å². The lowest BCUT2D eigenvalue weighted by Gasteiger charge is -2.38. The molecule has 1 atom stereocenters. The molecule has 1 aromatic heterocycles. The van der Waals surface area contributed by atoms with Crippen molar-refractivity contribution in [1.82, 2.24) is 15.0 Å². The molecular formula is C16H28N4O3. The number of rotatable bonds is 4. The predicted octanol–water partition coefficient (Wildman–Crippen LogP) is 1.89. The van der Waals surface area contributed by atoms with Gasteiger partial charge in [-0.1, -0.05) is 32.9 Å². The minimum atomic E-state index is -0.157. The smallest absolute Gasteiger partial charge is 0.323 e. The van der Waals surface area contributed by atoms with Crippen molar-refractivity contribution in [1.29, 1.82) is 0 Å². The highest BCUT2D eigenvalue weighted by Crippen LogP contribution is 2.24. The summed E-state index contributed by atoms with van der Waals surface area (Å²) in [5.74, 6) is 1.19. The molecule has 130 valence electrons. The Bertz CT molecular complexity index is 512. The van der Waals surface area contributed by atoms with Crippen molar-refractivity contribution in [2.75, 3.05) is 38.1 Å². The van der Waals surface area contributed by atoms with E-state index in [0.29, 0.717) is 18.9 Å². The number of carbonyl (C=O) groups excluding carboxylic acids is 1. The van der Waals surface area contributed by atoms with Crippen molar-refractivity contribution in [3.05, 3.63) is 11.8 Å². The minimum absolute atomic E-state index is 0.138. The van der Waals surface area contributed by atoms with Gasteiger partial charge in [-0.15, -0.1) is 0 Å². The van der Waals surface area contributed by atoms with Crippen LogP contribution in [-0.2, 0) is 5.41 Å². The number of aliphatic hydroxyl groups excluding tert-OH is 1. The lowest BCUT2D eigenvalue weighted by Crippen LogP contribution is -2.53. The molecule has 2 amide bonds. The van der Waals surface area contributed by atoms with Crippen LogP contribution in [0.2, 0.25) is 0 Å². The van der Waals surface area contributed by atoms with Gasteiger partial charge in [0.2, 0.25) is 0 Å². The van der Waals surface area contributed by atoms with Gasteiger partial charge in [-0.05, 0) is 6.42 Å². The number of nitrogens with one attached hydrogen (secondary N) is 1. The first-order chi connectivity index (χ1) is 10.8. The van der Waals surface area contributed by atoms with E-state index in [-0.39, 0.29) is 24.1 Å². The molecule has 7 nitrogen and oxygen atoms in total. The van der Waals surface area contributed by atoms with Crippen LogP contribution in [-0.4, -0.2) is 64.9 Å². The van der Waals surface area contributed by atoms with Crippen LogP contribution in [0.5, 0.6) is 0 Å². The topological polar surface area (TPSA) is 81.8 Å². The molecule has 0 bridgehead atoms. The van der Waals surface area contributed by atoms with Gasteiger partial charge in [0.1, 0.15) is 5.76 Å². The average molecular weight is 324 g/mol. The van der Waals surface area contributed by atoms with Crippen molar-refractivity contribution in [3.8, 4) is 0 Å². The normalized spacial score (nSPS) is 18.0. The maximum absolute atomic E-state index is 12.3. The lowest BCUT2D eigenvalue weighted by molar-refractivity contribution is 0.0765. The summed E-state index contributed by atoms with van der Waals surface area (Å²) in [7, 11) is 0. The number of amides is 2. The highest BCUT2D eigenvalue weighted by Gasteiger charge is 2.26. The third kappa shape index (κ3) is 4.45. The number of nitrogens with zero attached hydrogens (tertiary/aromatic N) is 3. The molecule has 1 fully saturated rings. The first kappa shape index (κ1) is 17.7. The highest BCUT2D eigenvalue weighted by atomic mass is 16.5. The number of carbonyl (C=O) groups is 1. The van der Waals surface area contributed by atoms with Crippen molar-refractivity contribution in [2.24, 2.45) is 0 Å². The van der Waals surface area contributed by atoms with Crippen LogP contribution < -0.4 is 5.32 Å². The molecule has 1 aromatic rings. The van der Waals surface area contributed by atoms with Crippen molar-refractivity contribution in [2.45, 2.75) is 45.6 Å². The zero-order chi connectivity index (χ0) is 17.0. The van der Waals surface area contributed by atoms with Crippen molar-refractivity contribution in [3.63, 3.8) is 0 Å². The molecule has 0 saturated carbocycles. The van der Waals surface area contributed by atoms with Gasteiger partial charge in [-0.25, -0.2) is 4.79 Å². The Morgan fingerprint density at radius 2 is 2.04 bits per heavy atom. The van der Waals surface area contributed by atoms with Crippen LogP contribution in [0.3, 0.4) is 0 Å². The van der Waals surface area contributed by atoms with Crippen LogP contribution >= 0.6 is 0 Å². The molecule has 0 aromatic carbocycles. The second-order valence-electron chi connectivity index (χ2n) is 7.02. The van der Waals surface area contributed by atoms with Gasteiger partial charge in [0.15, 0.2) is 5.82 Å². The summed E-state index contributed by atoms with van der Waals surface area (Å²) < 4.78 is 5.28. The maximum atomic E-state index is 12.3. The van der Waals surface area contributed by atoms with E-state index in [4.69, 9.17) is 4.52 Å². The first-order valence-electron chi connectivity index (χ1n) is 8.23. The number of piperazine rings is 1. The van der Waals surface area contributed by atoms with E-state index < -0.39 is 0 Å². The number of urea groups is 1. The summed E-state index contributed by atoms with van der Waals surface area (Å²) in [6, 6.07) is 1.80.